The Bertz CT molecular complexity index is 222. The Balaban J connectivity index is 0.000000261. The van der Waals surface area contributed by atoms with Crippen molar-refractivity contribution in [2.24, 2.45) is 5.84 Å². The van der Waals surface area contributed by atoms with E-state index in [-0.39, 0.29) is 0 Å². The van der Waals surface area contributed by atoms with Crippen LogP contribution in [0.4, 0.5) is 8.78 Å². The number of nitrogens with two attached hydrogens (primary N) is 1. The standard InChI is InChI=1S/C6H4F2.CH4N2O/c7-5-3-1-2-4-6(5)8;2-3-1-4/h1-4H;1H,2H2,(H,3,4). The Morgan fingerprint density at radius 1 is 1.25 bits per heavy atom. The first-order valence-corrected chi connectivity index (χ1v) is 3.02. The molecule has 1 aromatic carbocycles. The Morgan fingerprint density at radius 2 is 1.58 bits per heavy atom. The van der Waals surface area contributed by atoms with Crippen LogP contribution in [-0.4, -0.2) is 6.41 Å². The van der Waals surface area contributed by atoms with Crippen molar-refractivity contribution in [1.29, 1.82) is 0 Å². The molecular weight excluding hydrogens is 166 g/mol. The highest BCUT2D eigenvalue weighted by atomic mass is 19.2. The number of carbonyl (C=O) groups is 1. The SMILES string of the molecule is Fc1ccccc1F.NNC=O. The number of nitrogens with one attached hydrogen (secondary N) is 1. The van der Waals surface area contributed by atoms with Gasteiger partial charge in [0.15, 0.2) is 11.6 Å². The average Bonchev–Trinajstić information content (AvgIpc) is 2.11. The molecule has 0 unspecified atom stereocenters. The van der Waals surface area contributed by atoms with Crippen LogP contribution in [0.5, 0.6) is 0 Å². The van der Waals surface area contributed by atoms with Gasteiger partial charge in [-0.05, 0) is 12.1 Å². The molecule has 1 rings (SSSR count). The third kappa shape index (κ3) is 4.35. The van der Waals surface area contributed by atoms with Crippen molar-refractivity contribution in [3.8, 4) is 0 Å². The molecule has 0 saturated heterocycles. The van der Waals surface area contributed by atoms with Crippen LogP contribution in [0, 0.1) is 11.6 Å². The van der Waals surface area contributed by atoms with Crippen molar-refractivity contribution in [2.75, 3.05) is 0 Å². The largest absolute Gasteiger partial charge is 0.297 e. The molecule has 0 saturated carbocycles. The molecule has 0 atom stereocenters. The van der Waals surface area contributed by atoms with Crippen molar-refractivity contribution < 1.29 is 13.6 Å². The van der Waals surface area contributed by atoms with E-state index in [0.717, 1.165) is 12.1 Å². The second-order valence-corrected chi connectivity index (χ2v) is 1.70. The van der Waals surface area contributed by atoms with E-state index in [1.165, 1.54) is 12.1 Å². The summed E-state index contributed by atoms with van der Waals surface area (Å²) in [5.74, 6) is 2.81. The van der Waals surface area contributed by atoms with Gasteiger partial charge in [-0.15, -0.1) is 0 Å². The highest BCUT2D eigenvalue weighted by Gasteiger charge is 1.93. The van der Waals surface area contributed by atoms with Crippen molar-refractivity contribution in [3.63, 3.8) is 0 Å². The Labute approximate surface area is 68.2 Å². The lowest BCUT2D eigenvalue weighted by Gasteiger charge is -1.85. The predicted octanol–water partition coefficient (Wildman–Crippen LogP) is 0.571. The van der Waals surface area contributed by atoms with Crippen molar-refractivity contribution >= 4 is 6.41 Å². The molecule has 1 amide bonds. The zero-order valence-electron chi connectivity index (χ0n) is 6.13. The first kappa shape index (κ1) is 10.5. The van der Waals surface area contributed by atoms with Gasteiger partial charge in [-0.2, -0.15) is 0 Å². The fourth-order valence-electron chi connectivity index (χ4n) is 0.439. The van der Waals surface area contributed by atoms with Crippen LogP contribution >= 0.6 is 0 Å². The predicted molar refractivity (Wildman–Crippen MR) is 39.7 cm³/mol. The summed E-state index contributed by atoms with van der Waals surface area (Å²) in [5.41, 5.74) is 1.75. The smallest absolute Gasteiger partial charge is 0.221 e. The van der Waals surface area contributed by atoms with Crippen LogP contribution in [0.2, 0.25) is 0 Å². The summed E-state index contributed by atoms with van der Waals surface area (Å²) in [6.07, 6.45) is 0.403. The molecular formula is C7H8F2N2O. The lowest BCUT2D eigenvalue weighted by Crippen LogP contribution is -2.18. The Kier molecular flexibility index (Phi) is 5.46. The fourth-order valence-corrected chi connectivity index (χ4v) is 0.439. The maximum absolute atomic E-state index is 11.9. The van der Waals surface area contributed by atoms with E-state index in [0.29, 0.717) is 6.41 Å². The molecule has 0 heterocycles. The lowest BCUT2D eigenvalue weighted by molar-refractivity contribution is -0.109. The number of hydrogen-bond acceptors (Lipinski definition) is 2. The number of rotatable bonds is 1. The number of amides is 1. The van der Waals surface area contributed by atoms with Gasteiger partial charge in [-0.3, -0.25) is 10.2 Å². The molecule has 0 aliphatic heterocycles. The number of hydrogen-bond donors (Lipinski definition) is 2. The number of hydrazine groups is 1. The zero-order chi connectivity index (χ0) is 9.40. The maximum atomic E-state index is 11.9. The van der Waals surface area contributed by atoms with Crippen LogP contribution in [0.25, 0.3) is 0 Å². The van der Waals surface area contributed by atoms with Gasteiger partial charge in [0.1, 0.15) is 0 Å². The van der Waals surface area contributed by atoms with E-state index < -0.39 is 11.6 Å². The normalized spacial score (nSPS) is 7.92. The van der Waals surface area contributed by atoms with E-state index in [4.69, 9.17) is 4.79 Å². The number of halogens is 2. The van der Waals surface area contributed by atoms with Gasteiger partial charge >= 0.3 is 0 Å². The molecule has 66 valence electrons. The molecule has 3 nitrogen and oxygen atoms in total. The highest BCUT2D eigenvalue weighted by Crippen LogP contribution is 2.01. The van der Waals surface area contributed by atoms with Gasteiger partial charge in [0.25, 0.3) is 0 Å². The fraction of sp³-hybridized carbons (Fsp3) is 0. The van der Waals surface area contributed by atoms with Gasteiger partial charge in [0, 0.05) is 0 Å². The maximum Gasteiger partial charge on any atom is 0.221 e. The summed E-state index contributed by atoms with van der Waals surface area (Å²) in [4.78, 5) is 8.94. The minimum atomic E-state index is -0.799. The van der Waals surface area contributed by atoms with Gasteiger partial charge in [-0.1, -0.05) is 12.1 Å². The molecule has 0 fully saturated rings. The minimum absolute atomic E-state index is 0.403. The van der Waals surface area contributed by atoms with Crippen LogP contribution in [-0.2, 0) is 4.79 Å². The Morgan fingerprint density at radius 3 is 1.75 bits per heavy atom. The molecule has 0 bridgehead atoms. The molecule has 0 aromatic heterocycles. The lowest BCUT2D eigenvalue weighted by atomic mass is 10.3. The summed E-state index contributed by atoms with van der Waals surface area (Å²) in [7, 11) is 0. The molecule has 0 aliphatic carbocycles. The van der Waals surface area contributed by atoms with Crippen LogP contribution in [0.3, 0.4) is 0 Å². The van der Waals surface area contributed by atoms with Crippen molar-refractivity contribution in [1.82, 2.24) is 5.43 Å². The third-order valence-corrected chi connectivity index (χ3v) is 0.892. The molecule has 0 spiro atoms. The molecule has 3 N–H and O–H groups in total. The molecule has 5 heteroatoms. The molecule has 0 radical (unpaired) electrons. The van der Waals surface area contributed by atoms with Gasteiger partial charge < -0.3 is 0 Å². The quantitative estimate of drug-likeness (QED) is 0.283. The van der Waals surface area contributed by atoms with Crippen LogP contribution in [0.1, 0.15) is 0 Å². The first-order chi connectivity index (χ1) is 5.72. The van der Waals surface area contributed by atoms with E-state index in [1.54, 1.807) is 5.43 Å². The third-order valence-electron chi connectivity index (χ3n) is 0.892. The summed E-state index contributed by atoms with van der Waals surface area (Å²) >= 11 is 0. The summed E-state index contributed by atoms with van der Waals surface area (Å²) < 4.78 is 23.9. The van der Waals surface area contributed by atoms with Crippen LogP contribution < -0.4 is 11.3 Å². The van der Waals surface area contributed by atoms with Gasteiger partial charge in [0.05, 0.1) is 0 Å². The zero-order valence-corrected chi connectivity index (χ0v) is 6.13. The topological polar surface area (TPSA) is 55.1 Å². The summed E-state index contributed by atoms with van der Waals surface area (Å²) in [6.45, 7) is 0. The Hall–Kier alpha value is -1.49. The minimum Gasteiger partial charge on any atom is -0.297 e. The average molecular weight is 174 g/mol. The summed E-state index contributed by atoms with van der Waals surface area (Å²) in [6, 6.07) is 5.04. The van der Waals surface area contributed by atoms with E-state index >= 15 is 0 Å². The van der Waals surface area contributed by atoms with Crippen molar-refractivity contribution in [3.05, 3.63) is 35.9 Å². The van der Waals surface area contributed by atoms with E-state index in [9.17, 15) is 8.78 Å². The second kappa shape index (κ2) is 6.23. The number of benzene rings is 1. The first-order valence-electron chi connectivity index (χ1n) is 3.02. The van der Waals surface area contributed by atoms with Crippen molar-refractivity contribution in [2.45, 2.75) is 0 Å². The van der Waals surface area contributed by atoms with Gasteiger partial charge in [0.2, 0.25) is 6.41 Å². The monoisotopic (exact) mass is 174 g/mol. The van der Waals surface area contributed by atoms with Crippen LogP contribution in [0.15, 0.2) is 24.3 Å². The molecule has 12 heavy (non-hydrogen) atoms. The highest BCUT2D eigenvalue weighted by molar-refractivity contribution is 5.44. The summed E-state index contributed by atoms with van der Waals surface area (Å²) in [5, 5.41) is 0. The molecule has 0 aliphatic rings. The van der Waals surface area contributed by atoms with E-state index in [2.05, 4.69) is 5.84 Å². The number of carbonyl (C=O) groups excluding carboxylic acids is 1. The van der Waals surface area contributed by atoms with Gasteiger partial charge in [-0.25, -0.2) is 14.6 Å². The molecule has 1 aromatic rings. The second-order valence-electron chi connectivity index (χ2n) is 1.70. The van der Waals surface area contributed by atoms with E-state index in [1.807, 2.05) is 0 Å².